The first-order chi connectivity index (χ1) is 10.1. The van der Waals surface area contributed by atoms with Crippen molar-refractivity contribution in [1.29, 1.82) is 0 Å². The van der Waals surface area contributed by atoms with Gasteiger partial charge in [0, 0.05) is 12.6 Å². The van der Waals surface area contributed by atoms with Crippen molar-refractivity contribution in [1.82, 2.24) is 5.32 Å². The fourth-order valence-electron chi connectivity index (χ4n) is 2.90. The van der Waals surface area contributed by atoms with E-state index in [-0.39, 0.29) is 6.10 Å². The van der Waals surface area contributed by atoms with Crippen LogP contribution in [0.2, 0.25) is 0 Å². The summed E-state index contributed by atoms with van der Waals surface area (Å²) in [6, 6.07) is 6.88. The largest absolute Gasteiger partial charge is 0.493 e. The highest BCUT2D eigenvalue weighted by Crippen LogP contribution is 2.29. The second-order valence-corrected chi connectivity index (χ2v) is 6.49. The molecule has 0 heterocycles. The number of hydrogen-bond donors (Lipinski definition) is 1. The fraction of sp³-hybridized carbons (Fsp3) is 0.667. The van der Waals surface area contributed by atoms with Crippen LogP contribution in [-0.4, -0.2) is 19.3 Å². The first kappa shape index (κ1) is 16.2. The molecule has 21 heavy (non-hydrogen) atoms. The number of ether oxygens (including phenoxy) is 2. The van der Waals surface area contributed by atoms with Gasteiger partial charge in [0.1, 0.15) is 0 Å². The normalized spacial score (nSPS) is 22.3. The van der Waals surface area contributed by atoms with Gasteiger partial charge in [-0.05, 0) is 63.1 Å². The smallest absolute Gasteiger partial charge is 0.161 e. The molecule has 0 aliphatic heterocycles. The van der Waals surface area contributed by atoms with Crippen LogP contribution >= 0.6 is 0 Å². The Bertz CT molecular complexity index is 437. The van der Waals surface area contributed by atoms with Crippen LogP contribution in [0.5, 0.6) is 11.5 Å². The van der Waals surface area contributed by atoms with E-state index in [4.69, 9.17) is 9.47 Å². The van der Waals surface area contributed by atoms with E-state index in [1.165, 1.54) is 31.2 Å². The monoisotopic (exact) mass is 291 g/mol. The summed E-state index contributed by atoms with van der Waals surface area (Å²) in [5.74, 6) is 2.54. The highest BCUT2D eigenvalue weighted by molar-refractivity contribution is 5.43. The van der Waals surface area contributed by atoms with Crippen molar-refractivity contribution in [2.75, 3.05) is 7.11 Å². The molecule has 1 fully saturated rings. The molecule has 0 bridgehead atoms. The van der Waals surface area contributed by atoms with Crippen molar-refractivity contribution in [3.05, 3.63) is 23.8 Å². The highest BCUT2D eigenvalue weighted by Gasteiger charge is 2.17. The first-order valence-corrected chi connectivity index (χ1v) is 8.15. The third-order valence-electron chi connectivity index (χ3n) is 4.20. The van der Waals surface area contributed by atoms with E-state index in [9.17, 15) is 0 Å². The quantitative estimate of drug-likeness (QED) is 0.854. The zero-order valence-corrected chi connectivity index (χ0v) is 13.8. The molecule has 1 aromatic carbocycles. The second kappa shape index (κ2) is 7.69. The molecule has 1 aliphatic rings. The lowest BCUT2D eigenvalue weighted by Crippen LogP contribution is -2.32. The third-order valence-corrected chi connectivity index (χ3v) is 4.20. The predicted octanol–water partition coefficient (Wildman–Crippen LogP) is 4.15. The summed E-state index contributed by atoms with van der Waals surface area (Å²) in [5, 5.41) is 3.67. The van der Waals surface area contributed by atoms with Gasteiger partial charge < -0.3 is 14.8 Å². The molecule has 118 valence electrons. The standard InChI is InChI=1S/C18H29NO2/c1-13(2)21-17-10-7-15(11-18(17)20-4)12-19-16-8-5-14(3)6-9-16/h7,10-11,13-14,16,19H,5-6,8-9,12H2,1-4H3. The van der Waals surface area contributed by atoms with Crippen LogP contribution in [0.1, 0.15) is 52.0 Å². The number of nitrogens with one attached hydrogen (secondary N) is 1. The maximum Gasteiger partial charge on any atom is 0.161 e. The zero-order valence-electron chi connectivity index (χ0n) is 13.8. The molecule has 1 aliphatic carbocycles. The van der Waals surface area contributed by atoms with E-state index in [1.807, 2.05) is 19.9 Å². The minimum Gasteiger partial charge on any atom is -0.493 e. The van der Waals surface area contributed by atoms with Gasteiger partial charge in [0.2, 0.25) is 0 Å². The maximum absolute atomic E-state index is 5.75. The van der Waals surface area contributed by atoms with Gasteiger partial charge in [-0.15, -0.1) is 0 Å². The molecular formula is C18H29NO2. The summed E-state index contributed by atoms with van der Waals surface area (Å²) >= 11 is 0. The van der Waals surface area contributed by atoms with E-state index < -0.39 is 0 Å². The summed E-state index contributed by atoms with van der Waals surface area (Å²) in [7, 11) is 1.70. The number of benzene rings is 1. The van der Waals surface area contributed by atoms with Crippen LogP contribution in [0, 0.1) is 5.92 Å². The summed E-state index contributed by atoms with van der Waals surface area (Å²) in [4.78, 5) is 0. The molecule has 0 saturated heterocycles. The Labute approximate surface area is 129 Å². The van der Waals surface area contributed by atoms with E-state index in [0.29, 0.717) is 6.04 Å². The molecule has 0 radical (unpaired) electrons. The molecule has 3 nitrogen and oxygen atoms in total. The molecular weight excluding hydrogens is 262 g/mol. The molecule has 0 aromatic heterocycles. The molecule has 1 aromatic rings. The van der Waals surface area contributed by atoms with Crippen LogP contribution in [0.25, 0.3) is 0 Å². The van der Waals surface area contributed by atoms with E-state index >= 15 is 0 Å². The third kappa shape index (κ3) is 4.92. The van der Waals surface area contributed by atoms with Gasteiger partial charge in [0.15, 0.2) is 11.5 Å². The minimum atomic E-state index is 0.159. The molecule has 0 spiro atoms. The Morgan fingerprint density at radius 2 is 1.86 bits per heavy atom. The second-order valence-electron chi connectivity index (χ2n) is 6.49. The SMILES string of the molecule is COc1cc(CNC2CCC(C)CC2)ccc1OC(C)C. The molecule has 1 N–H and O–H groups in total. The topological polar surface area (TPSA) is 30.5 Å². The Kier molecular flexibility index (Phi) is 5.92. The van der Waals surface area contributed by atoms with Gasteiger partial charge in [0.05, 0.1) is 13.2 Å². The van der Waals surface area contributed by atoms with Gasteiger partial charge in [-0.25, -0.2) is 0 Å². The Morgan fingerprint density at radius 1 is 1.14 bits per heavy atom. The Hall–Kier alpha value is -1.22. The number of hydrogen-bond acceptors (Lipinski definition) is 3. The Morgan fingerprint density at radius 3 is 2.48 bits per heavy atom. The van der Waals surface area contributed by atoms with Crippen LogP contribution in [0.4, 0.5) is 0 Å². The van der Waals surface area contributed by atoms with Crippen molar-refractivity contribution >= 4 is 0 Å². The molecule has 1 saturated carbocycles. The van der Waals surface area contributed by atoms with Crippen molar-refractivity contribution in [2.24, 2.45) is 5.92 Å². The summed E-state index contributed by atoms with van der Waals surface area (Å²) in [6.45, 7) is 7.31. The number of rotatable bonds is 6. The molecule has 0 unspecified atom stereocenters. The lowest BCUT2D eigenvalue weighted by Gasteiger charge is -2.27. The average molecular weight is 291 g/mol. The minimum absolute atomic E-state index is 0.159. The predicted molar refractivity (Wildman–Crippen MR) is 87.0 cm³/mol. The fourth-order valence-corrected chi connectivity index (χ4v) is 2.90. The summed E-state index contributed by atoms with van der Waals surface area (Å²) in [5.41, 5.74) is 1.25. The Balaban J connectivity index is 1.91. The van der Waals surface area contributed by atoms with Gasteiger partial charge in [0.25, 0.3) is 0 Å². The molecule has 0 atom stereocenters. The zero-order chi connectivity index (χ0) is 15.2. The van der Waals surface area contributed by atoms with Crippen LogP contribution in [0.3, 0.4) is 0 Å². The average Bonchev–Trinajstić information content (AvgIpc) is 2.47. The van der Waals surface area contributed by atoms with Gasteiger partial charge >= 0.3 is 0 Å². The lowest BCUT2D eigenvalue weighted by atomic mass is 9.87. The van der Waals surface area contributed by atoms with Crippen molar-refractivity contribution in [3.8, 4) is 11.5 Å². The van der Waals surface area contributed by atoms with Gasteiger partial charge in [-0.2, -0.15) is 0 Å². The molecule has 3 heteroatoms. The maximum atomic E-state index is 5.75. The molecule has 0 amide bonds. The van der Waals surface area contributed by atoms with Crippen molar-refractivity contribution in [2.45, 2.75) is 65.1 Å². The first-order valence-electron chi connectivity index (χ1n) is 8.15. The van der Waals surface area contributed by atoms with Gasteiger partial charge in [-0.1, -0.05) is 13.0 Å². The van der Waals surface area contributed by atoms with E-state index in [2.05, 4.69) is 24.4 Å². The van der Waals surface area contributed by atoms with Crippen molar-refractivity contribution < 1.29 is 9.47 Å². The summed E-state index contributed by atoms with van der Waals surface area (Å²) in [6.07, 6.45) is 5.45. The lowest BCUT2D eigenvalue weighted by molar-refractivity contribution is 0.230. The van der Waals surface area contributed by atoms with E-state index in [1.54, 1.807) is 7.11 Å². The van der Waals surface area contributed by atoms with Crippen LogP contribution in [-0.2, 0) is 6.54 Å². The number of methoxy groups -OCH3 is 1. The van der Waals surface area contributed by atoms with Crippen LogP contribution in [0.15, 0.2) is 18.2 Å². The van der Waals surface area contributed by atoms with E-state index in [0.717, 1.165) is 24.0 Å². The van der Waals surface area contributed by atoms with Crippen LogP contribution < -0.4 is 14.8 Å². The highest BCUT2D eigenvalue weighted by atomic mass is 16.5. The van der Waals surface area contributed by atoms with Crippen molar-refractivity contribution in [3.63, 3.8) is 0 Å². The molecule has 2 rings (SSSR count). The van der Waals surface area contributed by atoms with Gasteiger partial charge in [-0.3, -0.25) is 0 Å². The summed E-state index contributed by atoms with van der Waals surface area (Å²) < 4.78 is 11.2.